The molecule has 2 spiro atoms. The van der Waals surface area contributed by atoms with Gasteiger partial charge in [0.2, 0.25) is 5.79 Å². The van der Waals surface area contributed by atoms with Gasteiger partial charge in [-0.15, -0.1) is 0 Å². The molecule has 27 heavy (non-hydrogen) atoms. The van der Waals surface area contributed by atoms with Crippen LogP contribution < -0.4 is 0 Å². The lowest BCUT2D eigenvalue weighted by atomic mass is 9.47. The highest BCUT2D eigenvalue weighted by molar-refractivity contribution is 5.36. The van der Waals surface area contributed by atoms with E-state index in [1.54, 1.807) is 5.57 Å². The Kier molecular flexibility index (Phi) is 3.49. The van der Waals surface area contributed by atoms with Gasteiger partial charge in [0.05, 0.1) is 0 Å². The molecule has 6 aliphatic rings. The van der Waals surface area contributed by atoms with Crippen molar-refractivity contribution in [2.24, 2.45) is 28.6 Å². The van der Waals surface area contributed by atoms with Gasteiger partial charge in [-0.3, -0.25) is 0 Å². The van der Waals surface area contributed by atoms with E-state index in [1.807, 2.05) is 0 Å². The number of hydrogen-bond donors (Lipinski definition) is 0. The lowest BCUT2D eigenvalue weighted by molar-refractivity contribution is -0.246. The van der Waals surface area contributed by atoms with Crippen molar-refractivity contribution in [3.05, 3.63) is 23.8 Å². The summed E-state index contributed by atoms with van der Waals surface area (Å²) >= 11 is 0. The Morgan fingerprint density at radius 1 is 0.963 bits per heavy atom. The molecule has 1 unspecified atom stereocenters. The first-order chi connectivity index (χ1) is 13.0. The van der Waals surface area contributed by atoms with E-state index in [1.165, 1.54) is 38.5 Å². The summed E-state index contributed by atoms with van der Waals surface area (Å²) in [6.07, 6.45) is 16.2. The van der Waals surface area contributed by atoms with E-state index in [-0.39, 0.29) is 11.0 Å². The molecule has 0 amide bonds. The summed E-state index contributed by atoms with van der Waals surface area (Å²) < 4.78 is 24.3. The highest BCUT2D eigenvalue weighted by Crippen LogP contribution is 2.70. The van der Waals surface area contributed by atoms with Crippen molar-refractivity contribution in [3.63, 3.8) is 0 Å². The zero-order chi connectivity index (χ0) is 18.3. The quantitative estimate of drug-likeness (QED) is 0.625. The Hall–Kier alpha value is -0.680. The van der Waals surface area contributed by atoms with Gasteiger partial charge in [-0.2, -0.15) is 0 Å². The number of hydrogen-bond acceptors (Lipinski definition) is 4. The predicted molar refractivity (Wildman–Crippen MR) is 101 cm³/mol. The van der Waals surface area contributed by atoms with Crippen molar-refractivity contribution in [1.82, 2.24) is 0 Å². The van der Waals surface area contributed by atoms with Crippen molar-refractivity contribution in [2.75, 3.05) is 20.2 Å². The maximum Gasteiger partial charge on any atom is 0.226 e. The third-order valence-electron chi connectivity index (χ3n) is 9.57. The highest BCUT2D eigenvalue weighted by atomic mass is 16.9. The van der Waals surface area contributed by atoms with Gasteiger partial charge in [-0.05, 0) is 73.7 Å². The lowest BCUT2D eigenvalue weighted by Crippen LogP contribution is -2.63. The zero-order valence-corrected chi connectivity index (χ0v) is 16.7. The van der Waals surface area contributed by atoms with Crippen LogP contribution in [-0.4, -0.2) is 31.6 Å². The molecule has 4 heteroatoms. The molecule has 2 aliphatic heterocycles. The van der Waals surface area contributed by atoms with Crippen LogP contribution in [0, 0.1) is 28.6 Å². The van der Waals surface area contributed by atoms with Gasteiger partial charge in [0.1, 0.15) is 12.2 Å². The van der Waals surface area contributed by atoms with Crippen LogP contribution in [0.1, 0.15) is 58.8 Å². The fraction of sp³-hybridized carbons (Fsp3) is 0.826. The standard InChI is InChI=1S/C23H32O4/c1-20-10-4-3-5-16(20)6-7-17-18(20)8-11-21(2)19(17)9-12-22(21)23(27-15-25-22)13-24-14-26-23/h5-7,17-19H,3-4,8-15H2,1-2H3/t17-,18+,19+,20+,21+,22-,23?/m1/s1. The first-order valence-electron chi connectivity index (χ1n) is 10.9. The number of rotatable bonds is 0. The largest absolute Gasteiger partial charge is 0.350 e. The normalized spacial score (nSPS) is 56.2. The van der Waals surface area contributed by atoms with Crippen molar-refractivity contribution < 1.29 is 18.9 Å². The van der Waals surface area contributed by atoms with E-state index in [2.05, 4.69) is 32.1 Å². The molecule has 4 aliphatic carbocycles. The van der Waals surface area contributed by atoms with Gasteiger partial charge in [0.25, 0.3) is 0 Å². The Morgan fingerprint density at radius 3 is 2.67 bits per heavy atom. The Balaban J connectivity index is 1.41. The second-order valence-electron chi connectivity index (χ2n) is 10.2. The van der Waals surface area contributed by atoms with E-state index >= 15 is 0 Å². The molecule has 2 heterocycles. The van der Waals surface area contributed by atoms with Crippen molar-refractivity contribution in [1.29, 1.82) is 0 Å². The summed E-state index contributed by atoms with van der Waals surface area (Å²) in [7, 11) is 0. The molecule has 0 bridgehead atoms. The van der Waals surface area contributed by atoms with Gasteiger partial charge in [0.15, 0.2) is 13.6 Å². The molecular weight excluding hydrogens is 340 g/mol. The van der Waals surface area contributed by atoms with Crippen LogP contribution >= 0.6 is 0 Å². The van der Waals surface area contributed by atoms with Crippen LogP contribution in [-0.2, 0) is 18.9 Å². The van der Waals surface area contributed by atoms with Crippen molar-refractivity contribution in [2.45, 2.75) is 70.2 Å². The van der Waals surface area contributed by atoms with Crippen LogP contribution in [0.3, 0.4) is 0 Å². The summed E-state index contributed by atoms with van der Waals surface area (Å²) in [5, 5.41) is 0. The smallest absolute Gasteiger partial charge is 0.226 e. The summed E-state index contributed by atoms with van der Waals surface area (Å²) in [6, 6.07) is 0. The van der Waals surface area contributed by atoms with Gasteiger partial charge in [0, 0.05) is 5.41 Å². The minimum atomic E-state index is -0.693. The highest BCUT2D eigenvalue weighted by Gasteiger charge is 2.75. The molecule has 0 aromatic heterocycles. The number of allylic oxidation sites excluding steroid dienone is 4. The third kappa shape index (κ3) is 1.89. The van der Waals surface area contributed by atoms with Crippen LogP contribution in [0.25, 0.3) is 0 Å². The maximum atomic E-state index is 6.46. The van der Waals surface area contributed by atoms with Crippen molar-refractivity contribution >= 4 is 0 Å². The minimum absolute atomic E-state index is 0.0783. The van der Waals surface area contributed by atoms with E-state index in [4.69, 9.17) is 18.9 Å². The molecule has 4 nitrogen and oxygen atoms in total. The molecule has 6 rings (SSSR count). The summed E-state index contributed by atoms with van der Waals surface area (Å²) in [4.78, 5) is 0. The molecule has 2 saturated heterocycles. The van der Waals surface area contributed by atoms with Gasteiger partial charge >= 0.3 is 0 Å². The molecule has 148 valence electrons. The molecule has 7 atom stereocenters. The van der Waals surface area contributed by atoms with E-state index < -0.39 is 5.79 Å². The fourth-order valence-corrected chi connectivity index (χ4v) is 8.17. The van der Waals surface area contributed by atoms with Crippen molar-refractivity contribution in [3.8, 4) is 0 Å². The summed E-state index contributed by atoms with van der Waals surface area (Å²) in [5.74, 6) is 1.35. The van der Waals surface area contributed by atoms with Gasteiger partial charge in [-0.25, -0.2) is 0 Å². The van der Waals surface area contributed by atoms with E-state index in [0.717, 1.165) is 12.3 Å². The predicted octanol–water partition coefficient (Wildman–Crippen LogP) is 4.56. The first kappa shape index (κ1) is 17.2. The molecular formula is C23H32O4. The van der Waals surface area contributed by atoms with E-state index in [9.17, 15) is 0 Å². The molecule has 0 radical (unpaired) electrons. The Labute approximate surface area is 162 Å². The average Bonchev–Trinajstić information content (AvgIpc) is 3.36. The first-order valence-corrected chi connectivity index (χ1v) is 10.9. The lowest BCUT2D eigenvalue weighted by Gasteiger charge is -2.58. The summed E-state index contributed by atoms with van der Waals surface area (Å²) in [5.41, 5.74) is 1.70. The summed E-state index contributed by atoms with van der Waals surface area (Å²) in [6.45, 7) is 6.16. The van der Waals surface area contributed by atoms with Crippen LogP contribution in [0.4, 0.5) is 0 Å². The topological polar surface area (TPSA) is 36.9 Å². The number of fused-ring (bicyclic) bond motifs is 7. The monoisotopic (exact) mass is 372 g/mol. The SMILES string of the molecule is C[C@]12CCCC=C1C=C[C@@H]1[C@@H]2CC[C@@]2(C)[C@H]1CC[C@@]21OCOC12COCO2. The minimum Gasteiger partial charge on any atom is -0.350 e. The number of ether oxygens (including phenoxy) is 4. The van der Waals surface area contributed by atoms with E-state index in [0.29, 0.717) is 37.4 Å². The molecule has 0 aromatic carbocycles. The molecule has 0 N–H and O–H groups in total. The van der Waals surface area contributed by atoms with Crippen LogP contribution in [0.5, 0.6) is 0 Å². The van der Waals surface area contributed by atoms with Crippen LogP contribution in [0.2, 0.25) is 0 Å². The third-order valence-corrected chi connectivity index (χ3v) is 9.57. The second-order valence-corrected chi connectivity index (χ2v) is 10.2. The Bertz CT molecular complexity index is 702. The van der Waals surface area contributed by atoms with Gasteiger partial charge < -0.3 is 18.9 Å². The average molecular weight is 373 g/mol. The molecule has 2 saturated carbocycles. The zero-order valence-electron chi connectivity index (χ0n) is 16.7. The maximum absolute atomic E-state index is 6.46. The molecule has 4 fully saturated rings. The van der Waals surface area contributed by atoms with Gasteiger partial charge in [-0.1, -0.05) is 32.1 Å². The Morgan fingerprint density at radius 2 is 1.81 bits per heavy atom. The second kappa shape index (κ2) is 5.47. The van der Waals surface area contributed by atoms with Crippen LogP contribution in [0.15, 0.2) is 23.8 Å². The fourth-order valence-electron chi connectivity index (χ4n) is 8.17. The molecule has 0 aromatic rings.